The highest BCUT2D eigenvalue weighted by Crippen LogP contribution is 2.31. The van der Waals surface area contributed by atoms with Gasteiger partial charge in [-0.25, -0.2) is 4.79 Å². The highest BCUT2D eigenvalue weighted by Gasteiger charge is 2.39. The summed E-state index contributed by atoms with van der Waals surface area (Å²) in [5, 5.41) is 3.49. The maximum Gasteiger partial charge on any atom is 0.436 e. The molecule has 0 aliphatic carbocycles. The normalized spacial score (nSPS) is 11.5. The van der Waals surface area contributed by atoms with E-state index in [1.54, 1.807) is 25.1 Å². The van der Waals surface area contributed by atoms with E-state index in [1.165, 1.54) is 6.92 Å². The van der Waals surface area contributed by atoms with Crippen molar-refractivity contribution in [1.29, 1.82) is 0 Å². The van der Waals surface area contributed by atoms with Crippen molar-refractivity contribution in [3.63, 3.8) is 0 Å². The molecule has 124 valence electrons. The van der Waals surface area contributed by atoms with E-state index in [0.29, 0.717) is 5.69 Å². The number of nitrogens with two attached hydrogens (primary N) is 1. The highest BCUT2D eigenvalue weighted by atomic mass is 19.4. The summed E-state index contributed by atoms with van der Waals surface area (Å²) in [5.74, 6) is -1.04. The van der Waals surface area contributed by atoms with Gasteiger partial charge in [0.2, 0.25) is 0 Å². The number of aryl methyl sites for hydroxylation is 1. The standard InChI is InChI=1S/C15H16F3N3O2/c1-3-23-14(22)11-8-21(20-13(11)15(16,17)18)7-10-4-5-12(19)9(2)6-10/h4-6,8H,3,7,19H2,1-2H3. The van der Waals surface area contributed by atoms with E-state index in [2.05, 4.69) is 9.84 Å². The SMILES string of the molecule is CCOC(=O)c1cn(Cc2ccc(N)c(C)c2)nc1C(F)(F)F. The minimum absolute atomic E-state index is 0.0154. The molecule has 1 aromatic heterocycles. The molecular weight excluding hydrogens is 311 g/mol. The Bertz CT molecular complexity index is 723. The van der Waals surface area contributed by atoms with Crippen LogP contribution in [0.15, 0.2) is 24.4 Å². The zero-order valence-electron chi connectivity index (χ0n) is 12.6. The third kappa shape index (κ3) is 3.82. The van der Waals surface area contributed by atoms with Gasteiger partial charge < -0.3 is 10.5 Å². The Balaban J connectivity index is 2.36. The van der Waals surface area contributed by atoms with Crippen LogP contribution in [0.2, 0.25) is 0 Å². The van der Waals surface area contributed by atoms with Gasteiger partial charge in [-0.3, -0.25) is 4.68 Å². The zero-order valence-corrected chi connectivity index (χ0v) is 12.6. The minimum Gasteiger partial charge on any atom is -0.462 e. The number of ether oxygens (including phenoxy) is 1. The molecule has 8 heteroatoms. The summed E-state index contributed by atoms with van der Waals surface area (Å²) in [6, 6.07) is 5.13. The fourth-order valence-electron chi connectivity index (χ4n) is 2.09. The molecule has 2 N–H and O–H groups in total. The number of hydrogen-bond donors (Lipinski definition) is 1. The number of nitrogens with zero attached hydrogens (tertiary/aromatic N) is 2. The van der Waals surface area contributed by atoms with Crippen LogP contribution in [0.1, 0.15) is 34.1 Å². The molecule has 0 fully saturated rings. The number of halogens is 3. The second-order valence-electron chi connectivity index (χ2n) is 5.00. The van der Waals surface area contributed by atoms with Gasteiger partial charge in [0.05, 0.1) is 13.2 Å². The van der Waals surface area contributed by atoms with Crippen molar-refractivity contribution in [2.45, 2.75) is 26.6 Å². The Labute approximate surface area is 130 Å². The summed E-state index contributed by atoms with van der Waals surface area (Å²) in [4.78, 5) is 11.7. The largest absolute Gasteiger partial charge is 0.462 e. The van der Waals surface area contributed by atoms with Crippen molar-refractivity contribution in [1.82, 2.24) is 9.78 Å². The summed E-state index contributed by atoms with van der Waals surface area (Å²) in [7, 11) is 0. The number of nitrogen functional groups attached to an aromatic ring is 1. The third-order valence-electron chi connectivity index (χ3n) is 3.20. The molecule has 5 nitrogen and oxygen atoms in total. The molecule has 1 heterocycles. The lowest BCUT2D eigenvalue weighted by molar-refractivity contribution is -0.142. The number of carbonyl (C=O) groups is 1. The van der Waals surface area contributed by atoms with Gasteiger partial charge in [-0.2, -0.15) is 18.3 Å². The lowest BCUT2D eigenvalue weighted by atomic mass is 10.1. The minimum atomic E-state index is -4.73. The number of carbonyl (C=O) groups excluding carboxylic acids is 1. The van der Waals surface area contributed by atoms with Crippen molar-refractivity contribution < 1.29 is 22.7 Å². The molecule has 0 saturated heterocycles. The Kier molecular flexibility index (Phi) is 4.63. The molecule has 0 aliphatic heterocycles. The first-order valence-electron chi connectivity index (χ1n) is 6.89. The van der Waals surface area contributed by atoms with E-state index < -0.39 is 23.4 Å². The number of alkyl halides is 3. The number of hydrogen-bond acceptors (Lipinski definition) is 4. The van der Waals surface area contributed by atoms with Crippen LogP contribution in [-0.2, 0) is 17.5 Å². The number of benzene rings is 1. The first-order chi connectivity index (χ1) is 10.7. The fraction of sp³-hybridized carbons (Fsp3) is 0.333. The number of aromatic nitrogens is 2. The van der Waals surface area contributed by atoms with Crippen molar-refractivity contribution in [3.05, 3.63) is 46.8 Å². The number of anilines is 1. The average Bonchev–Trinajstić information content (AvgIpc) is 2.87. The van der Waals surface area contributed by atoms with Gasteiger partial charge in [0.1, 0.15) is 5.56 Å². The third-order valence-corrected chi connectivity index (χ3v) is 3.20. The number of rotatable bonds is 4. The van der Waals surface area contributed by atoms with Crippen molar-refractivity contribution in [2.75, 3.05) is 12.3 Å². The Morgan fingerprint density at radius 1 is 1.39 bits per heavy atom. The molecule has 0 aliphatic rings. The molecule has 0 unspecified atom stereocenters. The predicted octanol–water partition coefficient (Wildman–Crippen LogP) is 3.02. The first-order valence-corrected chi connectivity index (χ1v) is 6.89. The van der Waals surface area contributed by atoms with E-state index in [-0.39, 0.29) is 13.2 Å². The van der Waals surface area contributed by atoms with Gasteiger partial charge in [-0.05, 0) is 31.0 Å². The van der Waals surface area contributed by atoms with Crippen molar-refractivity contribution >= 4 is 11.7 Å². The van der Waals surface area contributed by atoms with E-state index in [0.717, 1.165) is 22.0 Å². The first kappa shape index (κ1) is 16.9. The molecule has 0 spiro atoms. The lowest BCUT2D eigenvalue weighted by Crippen LogP contribution is -2.14. The fourth-order valence-corrected chi connectivity index (χ4v) is 2.09. The van der Waals surface area contributed by atoms with Gasteiger partial charge in [0, 0.05) is 11.9 Å². The zero-order chi connectivity index (χ0) is 17.2. The van der Waals surface area contributed by atoms with E-state index in [1.807, 2.05) is 0 Å². The maximum absolute atomic E-state index is 13.0. The second-order valence-corrected chi connectivity index (χ2v) is 5.00. The monoisotopic (exact) mass is 327 g/mol. The molecule has 0 saturated carbocycles. The maximum atomic E-state index is 13.0. The Morgan fingerprint density at radius 3 is 2.65 bits per heavy atom. The second kappa shape index (κ2) is 6.31. The van der Waals surface area contributed by atoms with E-state index in [4.69, 9.17) is 5.73 Å². The molecule has 0 bridgehead atoms. The Morgan fingerprint density at radius 2 is 2.09 bits per heavy atom. The summed E-state index contributed by atoms with van der Waals surface area (Å²) in [5.41, 5.74) is 6.01. The van der Waals surface area contributed by atoms with Crippen LogP contribution in [-0.4, -0.2) is 22.4 Å². The predicted molar refractivity (Wildman–Crippen MR) is 77.9 cm³/mol. The smallest absolute Gasteiger partial charge is 0.436 e. The topological polar surface area (TPSA) is 70.1 Å². The highest BCUT2D eigenvalue weighted by molar-refractivity contribution is 5.90. The van der Waals surface area contributed by atoms with Crippen molar-refractivity contribution in [3.8, 4) is 0 Å². The quantitative estimate of drug-likeness (QED) is 0.692. The summed E-state index contributed by atoms with van der Waals surface area (Å²) in [6.45, 7) is 3.39. The van der Waals surface area contributed by atoms with Gasteiger partial charge in [-0.15, -0.1) is 0 Å². The van der Waals surface area contributed by atoms with Crippen LogP contribution in [0.5, 0.6) is 0 Å². The van der Waals surface area contributed by atoms with Crippen LogP contribution in [0.25, 0.3) is 0 Å². The average molecular weight is 327 g/mol. The molecule has 2 aromatic rings. The van der Waals surface area contributed by atoms with Gasteiger partial charge >= 0.3 is 12.1 Å². The van der Waals surface area contributed by atoms with Crippen molar-refractivity contribution in [2.24, 2.45) is 0 Å². The van der Waals surface area contributed by atoms with E-state index in [9.17, 15) is 18.0 Å². The molecule has 2 rings (SSSR count). The molecule has 1 aromatic carbocycles. The van der Waals surface area contributed by atoms with Crippen LogP contribution in [0.3, 0.4) is 0 Å². The lowest BCUT2D eigenvalue weighted by Gasteiger charge is -2.06. The van der Waals surface area contributed by atoms with Crippen LogP contribution < -0.4 is 5.73 Å². The van der Waals surface area contributed by atoms with Crippen LogP contribution in [0.4, 0.5) is 18.9 Å². The summed E-state index contributed by atoms with van der Waals surface area (Å²) >= 11 is 0. The van der Waals surface area contributed by atoms with Gasteiger partial charge in [0.25, 0.3) is 0 Å². The van der Waals surface area contributed by atoms with Gasteiger partial charge in [-0.1, -0.05) is 12.1 Å². The van der Waals surface area contributed by atoms with Gasteiger partial charge in [0.15, 0.2) is 5.69 Å². The Hall–Kier alpha value is -2.51. The molecule has 0 atom stereocenters. The molecule has 0 amide bonds. The molecular formula is C15H16F3N3O2. The number of esters is 1. The van der Waals surface area contributed by atoms with Crippen LogP contribution in [0, 0.1) is 6.92 Å². The van der Waals surface area contributed by atoms with Crippen LogP contribution >= 0.6 is 0 Å². The molecule has 0 radical (unpaired) electrons. The van der Waals surface area contributed by atoms with E-state index >= 15 is 0 Å². The molecule has 23 heavy (non-hydrogen) atoms. The summed E-state index contributed by atoms with van der Waals surface area (Å²) in [6.07, 6.45) is -3.68. The summed E-state index contributed by atoms with van der Waals surface area (Å²) < 4.78 is 44.8.